The van der Waals surface area contributed by atoms with Gasteiger partial charge in [-0.05, 0) is 6.26 Å². The molecule has 0 saturated heterocycles. The first-order valence-corrected chi connectivity index (χ1v) is 5.42. The quantitative estimate of drug-likeness (QED) is 0.437. The Hall–Kier alpha value is -1.14. The molecule has 15 heavy (non-hydrogen) atoms. The van der Waals surface area contributed by atoms with Gasteiger partial charge in [0.25, 0.3) is 0 Å². The minimum Gasteiger partial charge on any atom is -0.465 e. The van der Waals surface area contributed by atoms with E-state index in [0.29, 0.717) is 16.4 Å². The van der Waals surface area contributed by atoms with Crippen molar-refractivity contribution in [1.82, 2.24) is 9.97 Å². The van der Waals surface area contributed by atoms with E-state index in [1.165, 1.54) is 25.1 Å². The lowest BCUT2D eigenvalue weighted by atomic mass is 10.2. The van der Waals surface area contributed by atoms with Gasteiger partial charge in [0, 0.05) is 13.3 Å². The van der Waals surface area contributed by atoms with Crippen molar-refractivity contribution in [3.05, 3.63) is 17.5 Å². The second-order valence-electron chi connectivity index (χ2n) is 2.64. The van der Waals surface area contributed by atoms with Crippen LogP contribution >= 0.6 is 11.8 Å². The molecule has 0 fully saturated rings. The smallest absolute Gasteiger partial charge is 0.341 e. The summed E-state index contributed by atoms with van der Waals surface area (Å²) in [5.41, 5.74) is 0.890. The van der Waals surface area contributed by atoms with Crippen LogP contribution in [0.4, 0.5) is 0 Å². The van der Waals surface area contributed by atoms with Crippen LogP contribution in [0.25, 0.3) is 0 Å². The molecule has 0 saturated carbocycles. The number of thioether (sulfide) groups is 1. The third-order valence-corrected chi connectivity index (χ3v) is 2.28. The number of hydrogen-bond donors (Lipinski definition) is 0. The van der Waals surface area contributed by atoms with Gasteiger partial charge in [0.15, 0.2) is 5.16 Å². The Balaban J connectivity index is 3.08. The van der Waals surface area contributed by atoms with Gasteiger partial charge in [0.1, 0.15) is 5.56 Å². The summed E-state index contributed by atoms with van der Waals surface area (Å²) in [6, 6.07) is 0. The molecule has 0 radical (unpaired) electrons. The Morgan fingerprint density at radius 2 is 2.27 bits per heavy atom. The Kier molecular flexibility index (Phi) is 4.51. The van der Waals surface area contributed by atoms with Crippen molar-refractivity contribution in [3.63, 3.8) is 0 Å². The molecular formula is C9H12N2O3S. The zero-order chi connectivity index (χ0) is 11.3. The number of hydrogen-bond acceptors (Lipinski definition) is 6. The summed E-state index contributed by atoms with van der Waals surface area (Å²) in [4.78, 5) is 19.5. The molecule has 6 heteroatoms. The number of carbonyl (C=O) groups is 1. The maximum absolute atomic E-state index is 11.3. The lowest BCUT2D eigenvalue weighted by molar-refractivity contribution is 0.0593. The summed E-state index contributed by atoms with van der Waals surface area (Å²) >= 11 is 1.41. The number of aromatic nitrogens is 2. The second kappa shape index (κ2) is 5.67. The molecule has 0 aliphatic rings. The van der Waals surface area contributed by atoms with Crippen molar-refractivity contribution < 1.29 is 14.3 Å². The van der Waals surface area contributed by atoms with Crippen LogP contribution in [0.2, 0.25) is 0 Å². The molecule has 5 nitrogen and oxygen atoms in total. The van der Waals surface area contributed by atoms with Gasteiger partial charge >= 0.3 is 5.97 Å². The molecule has 0 atom stereocenters. The van der Waals surface area contributed by atoms with Gasteiger partial charge in [-0.1, -0.05) is 11.8 Å². The van der Waals surface area contributed by atoms with Crippen molar-refractivity contribution in [1.29, 1.82) is 0 Å². The fourth-order valence-corrected chi connectivity index (χ4v) is 1.38. The summed E-state index contributed by atoms with van der Waals surface area (Å²) < 4.78 is 9.57. The van der Waals surface area contributed by atoms with E-state index in [1.807, 2.05) is 6.26 Å². The van der Waals surface area contributed by atoms with Gasteiger partial charge in [0.05, 0.1) is 19.4 Å². The minimum absolute atomic E-state index is 0.264. The number of carbonyl (C=O) groups excluding carboxylic acids is 1. The molecular weight excluding hydrogens is 216 g/mol. The topological polar surface area (TPSA) is 61.3 Å². The van der Waals surface area contributed by atoms with Crippen LogP contribution in [-0.2, 0) is 16.1 Å². The molecule has 1 rings (SSSR count). The van der Waals surface area contributed by atoms with E-state index in [2.05, 4.69) is 14.7 Å². The average Bonchev–Trinajstić information content (AvgIpc) is 2.28. The summed E-state index contributed by atoms with van der Waals surface area (Å²) in [6.45, 7) is 0.264. The molecule has 1 heterocycles. The molecule has 0 aromatic carbocycles. The fraction of sp³-hybridized carbons (Fsp3) is 0.444. The first kappa shape index (κ1) is 11.9. The lowest BCUT2D eigenvalue weighted by Gasteiger charge is -2.06. The zero-order valence-electron chi connectivity index (χ0n) is 8.81. The molecule has 0 N–H and O–H groups in total. The highest BCUT2D eigenvalue weighted by Gasteiger charge is 2.14. The predicted molar refractivity (Wildman–Crippen MR) is 55.9 cm³/mol. The van der Waals surface area contributed by atoms with Crippen LogP contribution in [-0.4, -0.2) is 36.4 Å². The summed E-state index contributed by atoms with van der Waals surface area (Å²) in [5, 5.41) is 0.606. The van der Waals surface area contributed by atoms with Crippen molar-refractivity contribution in [3.8, 4) is 0 Å². The zero-order valence-corrected chi connectivity index (χ0v) is 9.63. The van der Waals surface area contributed by atoms with Crippen LogP contribution in [0.5, 0.6) is 0 Å². The molecule has 0 bridgehead atoms. The average molecular weight is 228 g/mol. The molecule has 0 aliphatic carbocycles. The van der Waals surface area contributed by atoms with Gasteiger partial charge in [-0.15, -0.1) is 0 Å². The highest BCUT2D eigenvalue weighted by Crippen LogP contribution is 2.13. The normalized spacial score (nSPS) is 10.1. The van der Waals surface area contributed by atoms with Crippen molar-refractivity contribution >= 4 is 17.7 Å². The summed E-state index contributed by atoms with van der Waals surface area (Å²) in [6.07, 6.45) is 3.32. The Morgan fingerprint density at radius 1 is 1.53 bits per heavy atom. The van der Waals surface area contributed by atoms with E-state index in [1.54, 1.807) is 7.11 Å². The van der Waals surface area contributed by atoms with Gasteiger partial charge < -0.3 is 9.47 Å². The second-order valence-corrected chi connectivity index (χ2v) is 3.42. The standard InChI is InChI=1S/C9H12N2O3S/c1-13-5-7-6(8(12)14-2)4-10-9(11-7)15-3/h4H,5H2,1-3H3. The summed E-state index contributed by atoms with van der Waals surface area (Å²) in [5.74, 6) is -0.449. The Morgan fingerprint density at radius 3 is 2.80 bits per heavy atom. The van der Waals surface area contributed by atoms with E-state index in [-0.39, 0.29) is 6.61 Å². The number of esters is 1. The van der Waals surface area contributed by atoms with Gasteiger partial charge in [-0.25, -0.2) is 14.8 Å². The molecule has 0 amide bonds. The third kappa shape index (κ3) is 2.90. The molecule has 1 aromatic heterocycles. The highest BCUT2D eigenvalue weighted by atomic mass is 32.2. The van der Waals surface area contributed by atoms with E-state index in [4.69, 9.17) is 4.74 Å². The van der Waals surface area contributed by atoms with E-state index in [0.717, 1.165) is 0 Å². The van der Waals surface area contributed by atoms with Crippen LogP contribution < -0.4 is 0 Å². The maximum atomic E-state index is 11.3. The van der Waals surface area contributed by atoms with E-state index >= 15 is 0 Å². The van der Waals surface area contributed by atoms with Gasteiger partial charge in [0.2, 0.25) is 0 Å². The molecule has 0 aliphatic heterocycles. The number of methoxy groups -OCH3 is 2. The predicted octanol–water partition coefficient (Wildman–Crippen LogP) is 1.13. The van der Waals surface area contributed by atoms with E-state index < -0.39 is 5.97 Å². The van der Waals surface area contributed by atoms with Crippen molar-refractivity contribution in [2.24, 2.45) is 0 Å². The maximum Gasteiger partial charge on any atom is 0.341 e. The van der Waals surface area contributed by atoms with Gasteiger partial charge in [-0.2, -0.15) is 0 Å². The minimum atomic E-state index is -0.449. The monoisotopic (exact) mass is 228 g/mol. The first-order valence-electron chi connectivity index (χ1n) is 4.20. The van der Waals surface area contributed by atoms with E-state index in [9.17, 15) is 4.79 Å². The number of nitrogens with zero attached hydrogens (tertiary/aromatic N) is 2. The Bertz CT molecular complexity index is 357. The van der Waals surface area contributed by atoms with Crippen molar-refractivity contribution in [2.75, 3.05) is 20.5 Å². The molecule has 0 spiro atoms. The van der Waals surface area contributed by atoms with Crippen LogP contribution in [0.15, 0.2) is 11.4 Å². The molecule has 82 valence electrons. The largest absolute Gasteiger partial charge is 0.465 e. The SMILES string of the molecule is COCc1nc(SC)ncc1C(=O)OC. The highest BCUT2D eigenvalue weighted by molar-refractivity contribution is 7.98. The molecule has 0 unspecified atom stereocenters. The lowest BCUT2D eigenvalue weighted by Crippen LogP contribution is -2.10. The third-order valence-electron chi connectivity index (χ3n) is 1.71. The van der Waals surface area contributed by atoms with Gasteiger partial charge in [-0.3, -0.25) is 0 Å². The van der Waals surface area contributed by atoms with Crippen LogP contribution in [0, 0.1) is 0 Å². The van der Waals surface area contributed by atoms with Crippen molar-refractivity contribution in [2.45, 2.75) is 11.8 Å². The number of rotatable bonds is 4. The van der Waals surface area contributed by atoms with Crippen LogP contribution in [0.3, 0.4) is 0 Å². The summed E-state index contributed by atoms with van der Waals surface area (Å²) in [7, 11) is 2.86. The molecule has 1 aromatic rings. The van der Waals surface area contributed by atoms with Crippen LogP contribution in [0.1, 0.15) is 16.1 Å². The fourth-order valence-electron chi connectivity index (χ4n) is 1.02. The number of ether oxygens (including phenoxy) is 2. The first-order chi connectivity index (χ1) is 7.22. The Labute approximate surface area is 92.2 Å².